The van der Waals surface area contributed by atoms with Crippen molar-refractivity contribution >= 4 is 22.5 Å². The number of carbonyl (C=O) groups excluding carboxylic acids is 1. The number of hydrogen-bond donors (Lipinski definition) is 2. The molecule has 19 heavy (non-hydrogen) atoms. The van der Waals surface area contributed by atoms with E-state index >= 15 is 0 Å². The Hall–Kier alpha value is -1.40. The van der Waals surface area contributed by atoms with Gasteiger partial charge in [0.15, 0.2) is 5.13 Å². The summed E-state index contributed by atoms with van der Waals surface area (Å²) in [5.74, 6) is 0.419. The Kier molecular flexibility index (Phi) is 4.55. The molecule has 5 nitrogen and oxygen atoms in total. The zero-order valence-electron chi connectivity index (χ0n) is 11.6. The topological polar surface area (TPSA) is 57.3 Å². The minimum Gasteiger partial charge on any atom is -0.315 e. The summed E-state index contributed by atoms with van der Waals surface area (Å²) in [6, 6.07) is -0.239. The Morgan fingerprint density at radius 2 is 2.32 bits per heavy atom. The number of nitrogens with zero attached hydrogens (tertiary/aromatic N) is 2. The zero-order chi connectivity index (χ0) is 13.8. The maximum atomic E-state index is 11.7. The van der Waals surface area contributed by atoms with Gasteiger partial charge in [0.1, 0.15) is 0 Å². The second-order valence-electron chi connectivity index (χ2n) is 5.08. The van der Waals surface area contributed by atoms with Gasteiger partial charge < -0.3 is 10.2 Å². The molecule has 0 saturated carbocycles. The molecule has 2 rings (SSSR count). The predicted octanol–water partition coefficient (Wildman–Crippen LogP) is 2.42. The highest BCUT2D eigenvalue weighted by Gasteiger charge is 2.18. The van der Waals surface area contributed by atoms with Gasteiger partial charge in [-0.05, 0) is 13.0 Å². The van der Waals surface area contributed by atoms with Gasteiger partial charge in [0.25, 0.3) is 0 Å². The summed E-state index contributed by atoms with van der Waals surface area (Å²) in [5.41, 5.74) is 1.12. The minimum absolute atomic E-state index is 0.239. The standard InChI is InChI=1S/C13H20N4OS/c1-9(2)4-6-14-12(18)16-13-15-10-5-7-17(3)8-11(10)19-13/h4,6,9H,5,7-8H2,1-3H3,(H2,14,15,16,18)/b6-4+. The van der Waals surface area contributed by atoms with Gasteiger partial charge in [0, 0.05) is 30.6 Å². The average molecular weight is 280 g/mol. The number of fused-ring (bicyclic) bond motifs is 1. The van der Waals surface area contributed by atoms with Gasteiger partial charge in [-0.25, -0.2) is 9.78 Å². The van der Waals surface area contributed by atoms with E-state index in [2.05, 4.69) is 41.4 Å². The van der Waals surface area contributed by atoms with Crippen LogP contribution in [-0.2, 0) is 13.0 Å². The molecule has 0 aliphatic carbocycles. The molecule has 0 aromatic carbocycles. The smallest absolute Gasteiger partial charge is 0.315 e. The Bertz CT molecular complexity index is 481. The lowest BCUT2D eigenvalue weighted by Crippen LogP contribution is -2.25. The van der Waals surface area contributed by atoms with E-state index < -0.39 is 0 Å². The molecule has 1 aromatic rings. The first-order chi connectivity index (χ1) is 9.04. The van der Waals surface area contributed by atoms with Crippen molar-refractivity contribution in [3.05, 3.63) is 22.8 Å². The van der Waals surface area contributed by atoms with Crippen LogP contribution in [0.2, 0.25) is 0 Å². The van der Waals surface area contributed by atoms with E-state index in [-0.39, 0.29) is 6.03 Å². The Morgan fingerprint density at radius 3 is 3.05 bits per heavy atom. The van der Waals surface area contributed by atoms with Crippen LogP contribution >= 0.6 is 11.3 Å². The summed E-state index contributed by atoms with van der Waals surface area (Å²) in [5, 5.41) is 6.13. The minimum atomic E-state index is -0.239. The first-order valence-corrected chi connectivity index (χ1v) is 7.27. The summed E-state index contributed by atoms with van der Waals surface area (Å²) in [6.07, 6.45) is 4.56. The number of anilines is 1. The van der Waals surface area contributed by atoms with Crippen LogP contribution in [0.1, 0.15) is 24.4 Å². The van der Waals surface area contributed by atoms with Crippen LogP contribution in [0.4, 0.5) is 9.93 Å². The van der Waals surface area contributed by atoms with Crippen molar-refractivity contribution < 1.29 is 4.79 Å². The molecule has 2 amide bonds. The highest BCUT2D eigenvalue weighted by Crippen LogP contribution is 2.27. The third-order valence-electron chi connectivity index (χ3n) is 2.84. The fourth-order valence-corrected chi connectivity index (χ4v) is 2.91. The normalized spacial score (nSPS) is 15.8. The number of allylic oxidation sites excluding steroid dienone is 1. The second-order valence-corrected chi connectivity index (χ2v) is 6.16. The van der Waals surface area contributed by atoms with Crippen LogP contribution < -0.4 is 10.6 Å². The van der Waals surface area contributed by atoms with Crippen LogP contribution in [0.15, 0.2) is 12.3 Å². The van der Waals surface area contributed by atoms with Crippen molar-refractivity contribution in [3.63, 3.8) is 0 Å². The Morgan fingerprint density at radius 1 is 1.53 bits per heavy atom. The van der Waals surface area contributed by atoms with E-state index in [0.717, 1.165) is 25.2 Å². The van der Waals surface area contributed by atoms with Crippen LogP contribution in [0.25, 0.3) is 0 Å². The molecule has 0 fully saturated rings. The van der Waals surface area contributed by atoms with Crippen LogP contribution in [0, 0.1) is 5.92 Å². The fraction of sp³-hybridized carbons (Fsp3) is 0.538. The molecule has 0 unspecified atom stereocenters. The highest BCUT2D eigenvalue weighted by molar-refractivity contribution is 7.15. The Balaban J connectivity index is 1.91. The number of carbonyl (C=O) groups is 1. The lowest BCUT2D eigenvalue weighted by molar-refractivity contribution is 0.255. The molecule has 104 valence electrons. The van der Waals surface area contributed by atoms with E-state index in [4.69, 9.17) is 0 Å². The monoisotopic (exact) mass is 280 g/mol. The average Bonchev–Trinajstić information content (AvgIpc) is 2.69. The lowest BCUT2D eigenvalue weighted by atomic mass is 10.2. The number of hydrogen-bond acceptors (Lipinski definition) is 4. The maximum absolute atomic E-state index is 11.7. The lowest BCUT2D eigenvalue weighted by Gasteiger charge is -2.20. The molecule has 2 heterocycles. The fourth-order valence-electron chi connectivity index (χ4n) is 1.83. The number of amides is 2. The predicted molar refractivity (Wildman–Crippen MR) is 78.3 cm³/mol. The van der Waals surface area contributed by atoms with Crippen LogP contribution in [-0.4, -0.2) is 29.5 Å². The van der Waals surface area contributed by atoms with Crippen molar-refractivity contribution in [2.45, 2.75) is 26.8 Å². The molecule has 1 aliphatic rings. The number of likely N-dealkylation sites (N-methyl/N-ethyl adjacent to an activating group) is 1. The van der Waals surface area contributed by atoms with Crippen molar-refractivity contribution in [1.82, 2.24) is 15.2 Å². The number of aromatic nitrogens is 1. The molecular weight excluding hydrogens is 260 g/mol. The van der Waals surface area contributed by atoms with Gasteiger partial charge in [-0.2, -0.15) is 0 Å². The van der Waals surface area contributed by atoms with Gasteiger partial charge in [0.05, 0.1) is 5.69 Å². The first kappa shape index (κ1) is 14.0. The molecule has 2 N–H and O–H groups in total. The van der Waals surface area contributed by atoms with Gasteiger partial charge in [0.2, 0.25) is 0 Å². The third-order valence-corrected chi connectivity index (χ3v) is 3.84. The van der Waals surface area contributed by atoms with E-state index in [1.807, 2.05) is 6.08 Å². The Labute approximate surface area is 117 Å². The SMILES string of the molecule is CC(C)/C=C/NC(=O)Nc1nc2c(s1)CN(C)CC2. The number of rotatable bonds is 3. The van der Waals surface area contributed by atoms with Crippen LogP contribution in [0.5, 0.6) is 0 Å². The molecule has 6 heteroatoms. The van der Waals surface area contributed by atoms with Gasteiger partial charge in [-0.15, -0.1) is 11.3 Å². The van der Waals surface area contributed by atoms with Gasteiger partial charge >= 0.3 is 6.03 Å². The number of thiazole rings is 1. The summed E-state index contributed by atoms with van der Waals surface area (Å²) < 4.78 is 0. The molecule has 0 radical (unpaired) electrons. The summed E-state index contributed by atoms with van der Waals surface area (Å²) in [4.78, 5) is 19.6. The van der Waals surface area contributed by atoms with Crippen molar-refractivity contribution in [2.24, 2.45) is 5.92 Å². The first-order valence-electron chi connectivity index (χ1n) is 6.46. The molecule has 0 saturated heterocycles. The largest absolute Gasteiger partial charge is 0.324 e. The molecule has 1 aromatic heterocycles. The van der Waals surface area contributed by atoms with Crippen LogP contribution in [0.3, 0.4) is 0 Å². The molecule has 0 bridgehead atoms. The van der Waals surface area contributed by atoms with Gasteiger partial charge in [-0.1, -0.05) is 19.9 Å². The molecule has 1 aliphatic heterocycles. The third kappa shape index (κ3) is 4.04. The van der Waals surface area contributed by atoms with E-state index in [9.17, 15) is 4.79 Å². The zero-order valence-corrected chi connectivity index (χ0v) is 12.4. The second kappa shape index (κ2) is 6.16. The molecule has 0 atom stereocenters. The summed E-state index contributed by atoms with van der Waals surface area (Å²) >= 11 is 1.56. The molecular formula is C13H20N4OS. The highest BCUT2D eigenvalue weighted by atomic mass is 32.1. The summed E-state index contributed by atoms with van der Waals surface area (Å²) in [7, 11) is 2.10. The van der Waals surface area contributed by atoms with Crippen molar-refractivity contribution in [3.8, 4) is 0 Å². The van der Waals surface area contributed by atoms with E-state index in [1.165, 1.54) is 4.88 Å². The van der Waals surface area contributed by atoms with Crippen molar-refractivity contribution in [1.29, 1.82) is 0 Å². The van der Waals surface area contributed by atoms with E-state index in [1.54, 1.807) is 17.5 Å². The number of urea groups is 1. The van der Waals surface area contributed by atoms with Crippen molar-refractivity contribution in [2.75, 3.05) is 18.9 Å². The van der Waals surface area contributed by atoms with E-state index in [0.29, 0.717) is 11.0 Å². The van der Waals surface area contributed by atoms with Gasteiger partial charge in [-0.3, -0.25) is 5.32 Å². The maximum Gasteiger partial charge on any atom is 0.324 e. The molecule has 0 spiro atoms. The summed E-state index contributed by atoms with van der Waals surface area (Å²) in [6.45, 7) is 6.06. The number of nitrogens with one attached hydrogen (secondary N) is 2. The quantitative estimate of drug-likeness (QED) is 0.894.